The zero-order valence-corrected chi connectivity index (χ0v) is 16.9. The first-order chi connectivity index (χ1) is 14.2. The molecular weight excluding hydrogens is 366 g/mol. The molecule has 1 heterocycles. The van der Waals surface area contributed by atoms with Gasteiger partial charge in [-0.05, 0) is 30.9 Å². The molecule has 1 aliphatic heterocycles. The van der Waals surface area contributed by atoms with Gasteiger partial charge in [0.15, 0.2) is 5.78 Å². The van der Waals surface area contributed by atoms with Crippen LogP contribution in [0.25, 0.3) is 0 Å². The molecule has 1 aromatic rings. The fraction of sp³-hybridized carbons (Fsp3) is 0.478. The summed E-state index contributed by atoms with van der Waals surface area (Å²) in [5, 5.41) is 6.31. The number of hydrogen-bond acceptors (Lipinski definition) is 5. The van der Waals surface area contributed by atoms with Crippen molar-refractivity contribution in [3.63, 3.8) is 0 Å². The maximum Gasteiger partial charge on any atom is 0.407 e. The maximum atomic E-state index is 11.8. The Kier molecular flexibility index (Phi) is 8.46. The van der Waals surface area contributed by atoms with Crippen LogP contribution in [-0.2, 0) is 16.1 Å². The highest BCUT2D eigenvalue weighted by Crippen LogP contribution is 2.16. The molecule has 1 aliphatic carbocycles. The minimum atomic E-state index is -0.366. The van der Waals surface area contributed by atoms with Gasteiger partial charge in [-0.25, -0.2) is 4.79 Å². The van der Waals surface area contributed by atoms with Gasteiger partial charge in [-0.1, -0.05) is 48.1 Å². The van der Waals surface area contributed by atoms with Crippen molar-refractivity contribution in [3.05, 3.63) is 59.7 Å². The summed E-state index contributed by atoms with van der Waals surface area (Å²) in [6, 6.07) is 10.1. The first kappa shape index (κ1) is 21.3. The second-order valence-corrected chi connectivity index (χ2v) is 7.60. The van der Waals surface area contributed by atoms with Crippen LogP contribution in [0.4, 0.5) is 4.79 Å². The minimum Gasteiger partial charge on any atom is -0.445 e. The third-order valence-corrected chi connectivity index (χ3v) is 5.40. The van der Waals surface area contributed by atoms with Gasteiger partial charge in [0.1, 0.15) is 6.61 Å². The molecule has 6 heteroatoms. The Hall–Kier alpha value is -2.44. The standard InChI is InChI=1S/C23H31N3O3/c27-22-10-4-8-19(16-22)11-14-26-15-13-24-17-21(26)9-5-12-25-23(28)29-18-20-6-2-1-3-7-20/h1-4,6-8,10,21,24H,5,9,11-18H2,(H,25,28). The van der Waals surface area contributed by atoms with Gasteiger partial charge in [0, 0.05) is 45.2 Å². The predicted octanol–water partition coefficient (Wildman–Crippen LogP) is 2.81. The fourth-order valence-corrected chi connectivity index (χ4v) is 3.78. The Morgan fingerprint density at radius 3 is 2.97 bits per heavy atom. The second-order valence-electron chi connectivity index (χ2n) is 7.60. The summed E-state index contributed by atoms with van der Waals surface area (Å²) < 4.78 is 5.24. The van der Waals surface area contributed by atoms with Crippen molar-refractivity contribution in [1.29, 1.82) is 0 Å². The molecule has 1 fully saturated rings. The topological polar surface area (TPSA) is 70.7 Å². The van der Waals surface area contributed by atoms with Crippen LogP contribution < -0.4 is 10.6 Å². The van der Waals surface area contributed by atoms with E-state index in [2.05, 4.69) is 21.6 Å². The van der Waals surface area contributed by atoms with Crippen LogP contribution in [0.5, 0.6) is 0 Å². The van der Waals surface area contributed by atoms with E-state index in [9.17, 15) is 9.59 Å². The van der Waals surface area contributed by atoms with E-state index in [0.717, 1.165) is 51.0 Å². The van der Waals surface area contributed by atoms with E-state index < -0.39 is 0 Å². The van der Waals surface area contributed by atoms with Crippen LogP contribution in [0.3, 0.4) is 0 Å². The van der Waals surface area contributed by atoms with Gasteiger partial charge in [-0.3, -0.25) is 9.69 Å². The molecule has 0 saturated carbocycles. The smallest absolute Gasteiger partial charge is 0.407 e. The molecule has 2 N–H and O–H groups in total. The van der Waals surface area contributed by atoms with Crippen LogP contribution in [0, 0.1) is 0 Å². The van der Waals surface area contributed by atoms with E-state index in [1.807, 2.05) is 36.4 Å². The maximum absolute atomic E-state index is 11.8. The van der Waals surface area contributed by atoms with Crippen LogP contribution >= 0.6 is 0 Å². The molecular formula is C23H31N3O3. The summed E-state index contributed by atoms with van der Waals surface area (Å²) in [4.78, 5) is 25.9. The van der Waals surface area contributed by atoms with Gasteiger partial charge in [0.25, 0.3) is 0 Å². The Bertz CT molecular complexity index is 730. The lowest BCUT2D eigenvalue weighted by Crippen LogP contribution is -2.51. The van der Waals surface area contributed by atoms with Crippen molar-refractivity contribution in [2.45, 2.75) is 38.3 Å². The third kappa shape index (κ3) is 7.48. The molecule has 29 heavy (non-hydrogen) atoms. The lowest BCUT2D eigenvalue weighted by Gasteiger charge is -2.36. The predicted molar refractivity (Wildman–Crippen MR) is 114 cm³/mol. The van der Waals surface area contributed by atoms with E-state index >= 15 is 0 Å². The molecule has 2 aliphatic rings. The number of carbonyl (C=O) groups is 2. The van der Waals surface area contributed by atoms with E-state index in [4.69, 9.17) is 4.74 Å². The van der Waals surface area contributed by atoms with Gasteiger partial charge in [-0.2, -0.15) is 0 Å². The van der Waals surface area contributed by atoms with Crippen molar-refractivity contribution in [2.75, 3.05) is 32.7 Å². The van der Waals surface area contributed by atoms with E-state index in [1.165, 1.54) is 5.57 Å². The number of benzene rings is 1. The molecule has 1 atom stereocenters. The summed E-state index contributed by atoms with van der Waals surface area (Å²) in [6.07, 6.45) is 8.64. The first-order valence-electron chi connectivity index (χ1n) is 10.5. The quantitative estimate of drug-likeness (QED) is 0.627. The summed E-state index contributed by atoms with van der Waals surface area (Å²) in [6.45, 7) is 4.87. The fourth-order valence-electron chi connectivity index (χ4n) is 3.78. The second kappa shape index (κ2) is 11.5. The zero-order chi connectivity index (χ0) is 20.3. The lowest BCUT2D eigenvalue weighted by molar-refractivity contribution is -0.114. The number of piperazine rings is 1. The highest BCUT2D eigenvalue weighted by molar-refractivity contribution is 5.92. The largest absolute Gasteiger partial charge is 0.445 e. The van der Waals surface area contributed by atoms with E-state index in [-0.39, 0.29) is 11.9 Å². The molecule has 156 valence electrons. The molecule has 1 aromatic carbocycles. The first-order valence-corrected chi connectivity index (χ1v) is 10.5. The zero-order valence-electron chi connectivity index (χ0n) is 16.9. The number of hydrogen-bond donors (Lipinski definition) is 2. The Morgan fingerprint density at radius 2 is 2.14 bits per heavy atom. The molecule has 0 radical (unpaired) electrons. The number of amides is 1. The molecule has 0 aromatic heterocycles. The van der Waals surface area contributed by atoms with Crippen LogP contribution in [-0.4, -0.2) is 55.5 Å². The summed E-state index contributed by atoms with van der Waals surface area (Å²) >= 11 is 0. The number of nitrogens with one attached hydrogen (secondary N) is 2. The van der Waals surface area contributed by atoms with Crippen molar-refractivity contribution in [1.82, 2.24) is 15.5 Å². The average Bonchev–Trinajstić information content (AvgIpc) is 2.75. The number of nitrogens with zero attached hydrogens (tertiary/aromatic N) is 1. The van der Waals surface area contributed by atoms with E-state index in [1.54, 1.807) is 6.08 Å². The highest BCUT2D eigenvalue weighted by Gasteiger charge is 2.22. The van der Waals surface area contributed by atoms with Crippen molar-refractivity contribution >= 4 is 11.9 Å². The number of allylic oxidation sites excluding steroid dienone is 3. The molecule has 6 nitrogen and oxygen atoms in total. The number of rotatable bonds is 9. The average molecular weight is 398 g/mol. The molecule has 1 unspecified atom stereocenters. The SMILES string of the molecule is O=C1C=CC=C(CCN2CCNCC2CCCNC(=O)OCc2ccccc2)C1. The Balaban J connectivity index is 1.32. The third-order valence-electron chi connectivity index (χ3n) is 5.40. The molecule has 3 rings (SSSR count). The minimum absolute atomic E-state index is 0.199. The van der Waals surface area contributed by atoms with Gasteiger partial charge in [0.2, 0.25) is 0 Å². The highest BCUT2D eigenvalue weighted by atomic mass is 16.5. The molecule has 1 amide bonds. The summed E-state index contributed by atoms with van der Waals surface area (Å²) in [5.41, 5.74) is 2.20. The number of ketones is 1. The Labute approximate surface area is 173 Å². The van der Waals surface area contributed by atoms with Gasteiger partial charge < -0.3 is 15.4 Å². The van der Waals surface area contributed by atoms with Crippen LogP contribution in [0.1, 0.15) is 31.2 Å². The van der Waals surface area contributed by atoms with Crippen LogP contribution in [0.2, 0.25) is 0 Å². The monoisotopic (exact) mass is 397 g/mol. The molecule has 1 saturated heterocycles. The molecule has 0 spiro atoms. The summed E-state index contributed by atoms with van der Waals surface area (Å²) in [5.74, 6) is 0.199. The van der Waals surface area contributed by atoms with Crippen molar-refractivity contribution < 1.29 is 14.3 Å². The van der Waals surface area contributed by atoms with Gasteiger partial charge in [0.05, 0.1) is 0 Å². The van der Waals surface area contributed by atoms with Crippen molar-refractivity contribution in [3.8, 4) is 0 Å². The van der Waals surface area contributed by atoms with Gasteiger partial charge in [-0.15, -0.1) is 0 Å². The van der Waals surface area contributed by atoms with E-state index in [0.29, 0.717) is 25.6 Å². The number of carbonyl (C=O) groups excluding carboxylic acids is 2. The number of alkyl carbamates (subject to hydrolysis) is 1. The van der Waals surface area contributed by atoms with Crippen molar-refractivity contribution in [2.24, 2.45) is 0 Å². The van der Waals surface area contributed by atoms with Crippen LogP contribution in [0.15, 0.2) is 54.1 Å². The normalized spacial score (nSPS) is 19.7. The van der Waals surface area contributed by atoms with Gasteiger partial charge >= 0.3 is 6.09 Å². The lowest BCUT2D eigenvalue weighted by atomic mass is 10.00. The Morgan fingerprint density at radius 1 is 1.28 bits per heavy atom. The summed E-state index contributed by atoms with van der Waals surface area (Å²) in [7, 11) is 0. The number of ether oxygens (including phenoxy) is 1. The molecule has 0 bridgehead atoms.